The molecule has 4 atom stereocenters. The van der Waals surface area contributed by atoms with Gasteiger partial charge in [0.15, 0.2) is 18.9 Å². The molecular formula is C20H17Cl2FN2O11. The first-order chi connectivity index (χ1) is 17.0. The minimum Gasteiger partial charge on any atom is -0.456 e. The number of aromatic nitrogens is 2. The molecule has 1 N–H and O–H groups in total. The first-order valence-corrected chi connectivity index (χ1v) is 10.5. The molecule has 194 valence electrons. The van der Waals surface area contributed by atoms with Gasteiger partial charge in [-0.25, -0.2) is 23.6 Å². The average molecular weight is 551 g/mol. The number of nitrogens with zero attached hydrogens (tertiary/aromatic N) is 1. The van der Waals surface area contributed by atoms with Gasteiger partial charge < -0.3 is 28.4 Å². The Morgan fingerprint density at radius 3 is 2.42 bits per heavy atom. The van der Waals surface area contributed by atoms with Gasteiger partial charge in [0, 0.05) is 17.3 Å². The van der Waals surface area contributed by atoms with Crippen LogP contribution in [0.3, 0.4) is 0 Å². The molecule has 1 aliphatic rings. The van der Waals surface area contributed by atoms with Gasteiger partial charge in [0.1, 0.15) is 0 Å². The minimum absolute atomic E-state index is 0.0587. The maximum Gasteiger partial charge on any atom is 0.508 e. The maximum atomic E-state index is 16.2. The lowest BCUT2D eigenvalue weighted by Crippen LogP contribution is -2.48. The second-order valence-electron chi connectivity index (χ2n) is 7.04. The van der Waals surface area contributed by atoms with Crippen molar-refractivity contribution in [1.29, 1.82) is 0 Å². The molecule has 16 heteroatoms. The number of nitrogens with one attached hydrogen (secondary N) is 1. The highest BCUT2D eigenvalue weighted by molar-refractivity contribution is 6.35. The molecule has 3 rings (SSSR count). The highest BCUT2D eigenvalue weighted by Crippen LogP contribution is 2.42. The number of aromatic amines is 1. The first kappa shape index (κ1) is 27.0. The number of benzene rings is 1. The molecule has 1 fully saturated rings. The van der Waals surface area contributed by atoms with Crippen molar-refractivity contribution in [1.82, 2.24) is 9.55 Å². The van der Waals surface area contributed by atoms with Gasteiger partial charge in [-0.3, -0.25) is 14.3 Å². The van der Waals surface area contributed by atoms with Crippen LogP contribution < -0.4 is 11.2 Å². The fourth-order valence-electron chi connectivity index (χ4n) is 3.17. The van der Waals surface area contributed by atoms with Gasteiger partial charge in [0.05, 0.1) is 24.8 Å². The Morgan fingerprint density at radius 2 is 1.78 bits per heavy atom. The third-order valence-corrected chi connectivity index (χ3v) is 5.35. The molecule has 2 heterocycles. The first-order valence-electron chi connectivity index (χ1n) is 9.78. The van der Waals surface area contributed by atoms with E-state index >= 15 is 4.39 Å². The van der Waals surface area contributed by atoms with Crippen LogP contribution in [0.25, 0.3) is 0 Å². The molecule has 1 aliphatic heterocycles. The van der Waals surface area contributed by atoms with Crippen molar-refractivity contribution in [3.8, 4) is 0 Å². The van der Waals surface area contributed by atoms with E-state index in [4.69, 9.17) is 42.1 Å². The van der Waals surface area contributed by atoms with Crippen LogP contribution in [-0.2, 0) is 28.4 Å². The van der Waals surface area contributed by atoms with E-state index in [0.29, 0.717) is 4.57 Å². The molecule has 0 aliphatic carbocycles. The van der Waals surface area contributed by atoms with E-state index in [1.54, 1.807) is 0 Å². The highest BCUT2D eigenvalue weighted by Gasteiger charge is 2.62. The zero-order valence-corrected chi connectivity index (χ0v) is 19.9. The Kier molecular flexibility index (Phi) is 8.22. The molecule has 0 unspecified atom stereocenters. The summed E-state index contributed by atoms with van der Waals surface area (Å²) in [5.74, 6) is -4.34. The van der Waals surface area contributed by atoms with Crippen molar-refractivity contribution in [2.24, 2.45) is 0 Å². The Labute approximate surface area is 210 Å². The third-order valence-electron chi connectivity index (χ3n) is 4.78. The second-order valence-corrected chi connectivity index (χ2v) is 7.89. The summed E-state index contributed by atoms with van der Waals surface area (Å²) in [4.78, 5) is 61.9. The quantitative estimate of drug-likeness (QED) is 0.414. The molecule has 0 radical (unpaired) electrons. The number of hydrogen-bond donors (Lipinski definition) is 1. The predicted molar refractivity (Wildman–Crippen MR) is 117 cm³/mol. The molecular weight excluding hydrogens is 534 g/mol. The summed E-state index contributed by atoms with van der Waals surface area (Å²) in [7, 11) is 1.86. The van der Waals surface area contributed by atoms with Crippen LogP contribution >= 0.6 is 23.2 Å². The summed E-state index contributed by atoms with van der Waals surface area (Å²) in [6, 6.07) is 4.77. The summed E-state index contributed by atoms with van der Waals surface area (Å²) in [6.45, 7) is -1.24. The SMILES string of the molecule is COC(=O)O[C@H]1[C@H](n2ccc(=O)[nH]c2=O)O[C@](F)(COC(=O)c2cc(Cl)ccc2Cl)[C@H]1OC(=O)OC. The monoisotopic (exact) mass is 550 g/mol. The average Bonchev–Trinajstić information content (AvgIpc) is 3.10. The van der Waals surface area contributed by atoms with E-state index in [1.165, 1.54) is 18.2 Å². The smallest absolute Gasteiger partial charge is 0.456 e. The van der Waals surface area contributed by atoms with Crippen molar-refractivity contribution in [2.75, 3.05) is 20.8 Å². The molecule has 0 spiro atoms. The van der Waals surface area contributed by atoms with Gasteiger partial charge in [-0.15, -0.1) is 0 Å². The largest absolute Gasteiger partial charge is 0.508 e. The molecule has 1 saturated heterocycles. The number of carbonyl (C=O) groups is 3. The normalized spacial score (nSPS) is 23.0. The van der Waals surface area contributed by atoms with Gasteiger partial charge in [-0.05, 0) is 18.2 Å². The lowest BCUT2D eigenvalue weighted by molar-refractivity contribution is -0.209. The van der Waals surface area contributed by atoms with Crippen molar-refractivity contribution < 1.29 is 47.2 Å². The van der Waals surface area contributed by atoms with Crippen molar-refractivity contribution in [3.63, 3.8) is 0 Å². The fraction of sp³-hybridized carbons (Fsp3) is 0.350. The van der Waals surface area contributed by atoms with Crippen LogP contribution in [0.4, 0.5) is 14.0 Å². The molecule has 0 bridgehead atoms. The van der Waals surface area contributed by atoms with Crippen LogP contribution in [0.5, 0.6) is 0 Å². The van der Waals surface area contributed by atoms with Crippen molar-refractivity contribution >= 4 is 41.5 Å². The van der Waals surface area contributed by atoms with E-state index in [2.05, 4.69) is 9.47 Å². The topological polar surface area (TPSA) is 161 Å². The number of hydrogen-bond acceptors (Lipinski definition) is 11. The molecule has 2 aromatic rings. The van der Waals surface area contributed by atoms with Crippen LogP contribution in [0.1, 0.15) is 16.6 Å². The third kappa shape index (κ3) is 5.78. The maximum absolute atomic E-state index is 16.2. The van der Waals surface area contributed by atoms with E-state index in [-0.39, 0.29) is 15.6 Å². The number of alkyl halides is 1. The van der Waals surface area contributed by atoms with Crippen molar-refractivity contribution in [2.45, 2.75) is 24.3 Å². The number of esters is 1. The Bertz CT molecular complexity index is 1280. The summed E-state index contributed by atoms with van der Waals surface area (Å²) < 4.78 is 45.8. The van der Waals surface area contributed by atoms with Gasteiger partial charge in [-0.2, -0.15) is 0 Å². The molecule has 13 nitrogen and oxygen atoms in total. The number of H-pyrrole nitrogens is 1. The Hall–Kier alpha value is -3.62. The van der Waals surface area contributed by atoms with Crippen molar-refractivity contribution in [3.05, 3.63) is 66.9 Å². The highest BCUT2D eigenvalue weighted by atomic mass is 35.5. The van der Waals surface area contributed by atoms with Gasteiger partial charge in [-0.1, -0.05) is 23.2 Å². The number of methoxy groups -OCH3 is 2. The molecule has 1 aromatic heterocycles. The molecule has 0 amide bonds. The lowest BCUT2D eigenvalue weighted by atomic mass is 10.1. The second kappa shape index (κ2) is 11.0. The fourth-order valence-corrected chi connectivity index (χ4v) is 3.54. The molecule has 1 aromatic carbocycles. The van der Waals surface area contributed by atoms with Gasteiger partial charge in [0.2, 0.25) is 6.10 Å². The van der Waals surface area contributed by atoms with Crippen LogP contribution in [0, 0.1) is 0 Å². The molecule has 36 heavy (non-hydrogen) atoms. The van der Waals surface area contributed by atoms with Crippen LogP contribution in [-0.4, -0.2) is 66.7 Å². The number of halogens is 3. The number of carbonyl (C=O) groups excluding carboxylic acids is 3. The van der Waals surface area contributed by atoms with E-state index in [1.807, 2.05) is 4.98 Å². The summed E-state index contributed by atoms with van der Waals surface area (Å²) in [6.07, 6.45) is -7.76. The van der Waals surface area contributed by atoms with Gasteiger partial charge in [0.25, 0.3) is 11.4 Å². The van der Waals surface area contributed by atoms with E-state index in [0.717, 1.165) is 26.5 Å². The summed E-state index contributed by atoms with van der Waals surface area (Å²) in [5, 5.41) is 0.0750. The lowest BCUT2D eigenvalue weighted by Gasteiger charge is -2.26. The zero-order valence-electron chi connectivity index (χ0n) is 18.4. The number of ether oxygens (including phenoxy) is 6. The summed E-state index contributed by atoms with van der Waals surface area (Å²) >= 11 is 11.8. The molecule has 0 saturated carbocycles. The Morgan fingerprint density at radius 1 is 1.11 bits per heavy atom. The van der Waals surface area contributed by atoms with Crippen LogP contribution in [0.15, 0.2) is 40.1 Å². The van der Waals surface area contributed by atoms with E-state index in [9.17, 15) is 24.0 Å². The zero-order chi connectivity index (χ0) is 26.6. The summed E-state index contributed by atoms with van der Waals surface area (Å²) in [5.41, 5.74) is -2.09. The van der Waals surface area contributed by atoms with Crippen LogP contribution in [0.2, 0.25) is 10.0 Å². The van der Waals surface area contributed by atoms with E-state index < -0.39 is 60.4 Å². The minimum atomic E-state index is -3.21. The number of rotatable bonds is 6. The predicted octanol–water partition coefficient (Wildman–Crippen LogP) is 2.20. The Balaban J connectivity index is 2.00. The van der Waals surface area contributed by atoms with Gasteiger partial charge >= 0.3 is 24.0 Å². The standard InChI is InChI=1S/C20H17Cl2FN2O11/c1-31-18(29)34-13-14(35-19(30)32-2)20(23,36-15(13)25-6-5-12(26)24-17(25)28)8-33-16(27)10-7-9(21)3-4-11(10)22/h3-7,13-15H,8H2,1-2H3,(H,24,26,28)/t13-,14+,15-,20-/m1/s1.